The molecule has 136 valence electrons. The number of hydrogen-bond acceptors (Lipinski definition) is 6. The van der Waals surface area contributed by atoms with Crippen LogP contribution in [-0.4, -0.2) is 32.9 Å². The highest BCUT2D eigenvalue weighted by molar-refractivity contribution is 7.99. The molecule has 0 atom stereocenters. The van der Waals surface area contributed by atoms with E-state index < -0.39 is 0 Å². The molecule has 0 saturated carbocycles. The molecule has 3 aromatic rings. The molecule has 1 aromatic carbocycles. The average Bonchev–Trinajstić information content (AvgIpc) is 3.11. The third-order valence-electron chi connectivity index (χ3n) is 3.62. The van der Waals surface area contributed by atoms with E-state index in [4.69, 9.17) is 11.6 Å². The highest BCUT2D eigenvalue weighted by Crippen LogP contribution is 2.21. The summed E-state index contributed by atoms with van der Waals surface area (Å²) in [7, 11) is 0. The zero-order chi connectivity index (χ0) is 18.5. The van der Waals surface area contributed by atoms with Crippen molar-refractivity contribution in [3.8, 4) is 0 Å². The number of hydrogen-bond donors (Lipinski definition) is 2. The van der Waals surface area contributed by atoms with Crippen LogP contribution in [0, 0.1) is 0 Å². The predicted molar refractivity (Wildman–Crippen MR) is 105 cm³/mol. The van der Waals surface area contributed by atoms with Crippen LogP contribution in [0.5, 0.6) is 0 Å². The van der Waals surface area contributed by atoms with E-state index in [9.17, 15) is 14.7 Å². The molecule has 0 radical (unpaired) electrons. The van der Waals surface area contributed by atoms with Gasteiger partial charge < -0.3 is 10.4 Å². The topological polar surface area (TPSA) is 84.2 Å². The lowest BCUT2D eigenvalue weighted by Gasteiger charge is -2.11. The number of carbonyl (C=O) groups excluding carboxylic acids is 1. The third-order valence-corrected chi connectivity index (χ3v) is 5.86. The maximum atomic E-state index is 12.5. The first-order valence-corrected chi connectivity index (χ1v) is 10.1. The van der Waals surface area contributed by atoms with Gasteiger partial charge in [0.2, 0.25) is 5.91 Å². The van der Waals surface area contributed by atoms with Crippen LogP contribution in [0.3, 0.4) is 0 Å². The maximum Gasteiger partial charge on any atom is 0.272 e. The Labute approximate surface area is 162 Å². The number of fused-ring (bicyclic) bond motifs is 1. The second kappa shape index (κ2) is 8.68. The van der Waals surface area contributed by atoms with Gasteiger partial charge in [0.15, 0.2) is 5.16 Å². The summed E-state index contributed by atoms with van der Waals surface area (Å²) < 4.78 is 1.95. The Balaban J connectivity index is 1.68. The van der Waals surface area contributed by atoms with Gasteiger partial charge in [0.05, 0.1) is 24.4 Å². The molecule has 3 rings (SSSR count). The van der Waals surface area contributed by atoms with Gasteiger partial charge >= 0.3 is 0 Å². The highest BCUT2D eigenvalue weighted by Gasteiger charge is 2.14. The standard InChI is InChI=1S/C17H16ClN3O3S2/c18-12-4-2-1-3-11(12)9-19-14(23)10-26-17-20-13-5-8-25-15(13)16(24)21(17)6-7-22/h1-5,8,22H,6-7,9-10H2,(H,19,23). The molecular formula is C17H16ClN3O3S2. The highest BCUT2D eigenvalue weighted by atomic mass is 35.5. The summed E-state index contributed by atoms with van der Waals surface area (Å²) >= 11 is 8.55. The van der Waals surface area contributed by atoms with Crippen LogP contribution in [0.25, 0.3) is 10.2 Å². The monoisotopic (exact) mass is 409 g/mol. The Morgan fingerprint density at radius 1 is 1.35 bits per heavy atom. The fourth-order valence-electron chi connectivity index (χ4n) is 2.35. The Morgan fingerprint density at radius 3 is 2.92 bits per heavy atom. The fraction of sp³-hybridized carbons (Fsp3) is 0.235. The van der Waals surface area contributed by atoms with E-state index in [2.05, 4.69) is 10.3 Å². The van der Waals surface area contributed by atoms with E-state index >= 15 is 0 Å². The summed E-state index contributed by atoms with van der Waals surface area (Å²) in [4.78, 5) is 29.1. The molecule has 0 aliphatic carbocycles. The van der Waals surface area contributed by atoms with Gasteiger partial charge in [-0.1, -0.05) is 41.6 Å². The molecule has 6 nitrogen and oxygen atoms in total. The zero-order valence-corrected chi connectivity index (χ0v) is 16.0. The second-order valence-electron chi connectivity index (χ2n) is 5.37. The summed E-state index contributed by atoms with van der Waals surface area (Å²) in [6, 6.07) is 9.07. The minimum absolute atomic E-state index is 0.109. The third kappa shape index (κ3) is 4.27. The van der Waals surface area contributed by atoms with Gasteiger partial charge in [-0.15, -0.1) is 11.3 Å². The average molecular weight is 410 g/mol. The SMILES string of the molecule is O=C(CSc1nc2ccsc2c(=O)n1CCO)NCc1ccccc1Cl. The zero-order valence-electron chi connectivity index (χ0n) is 13.6. The first-order chi connectivity index (χ1) is 12.6. The number of aliphatic hydroxyl groups excluding tert-OH is 1. The van der Waals surface area contributed by atoms with E-state index in [-0.39, 0.29) is 30.4 Å². The molecule has 0 aliphatic rings. The van der Waals surface area contributed by atoms with Crippen molar-refractivity contribution in [2.24, 2.45) is 0 Å². The van der Waals surface area contributed by atoms with Gasteiger partial charge in [-0.25, -0.2) is 4.98 Å². The maximum absolute atomic E-state index is 12.5. The predicted octanol–water partition coefficient (Wildman–Crippen LogP) is 2.51. The van der Waals surface area contributed by atoms with Crippen molar-refractivity contribution in [3.63, 3.8) is 0 Å². The van der Waals surface area contributed by atoms with Crippen molar-refractivity contribution in [1.29, 1.82) is 0 Å². The van der Waals surface area contributed by atoms with Crippen LogP contribution in [0.1, 0.15) is 5.56 Å². The quantitative estimate of drug-likeness (QED) is 0.462. The number of halogens is 1. The van der Waals surface area contributed by atoms with E-state index in [1.54, 1.807) is 17.5 Å². The lowest BCUT2D eigenvalue weighted by Crippen LogP contribution is -2.27. The van der Waals surface area contributed by atoms with Crippen LogP contribution in [0.15, 0.2) is 45.7 Å². The van der Waals surface area contributed by atoms with Gasteiger partial charge in [0, 0.05) is 11.6 Å². The normalized spacial score (nSPS) is 11.0. The van der Waals surface area contributed by atoms with Crippen molar-refractivity contribution in [2.45, 2.75) is 18.2 Å². The minimum Gasteiger partial charge on any atom is -0.395 e. The Hall–Kier alpha value is -1.87. The summed E-state index contributed by atoms with van der Waals surface area (Å²) in [5.74, 6) is -0.0806. The van der Waals surface area contributed by atoms with Crippen molar-refractivity contribution in [1.82, 2.24) is 14.9 Å². The Morgan fingerprint density at radius 2 is 2.15 bits per heavy atom. The van der Waals surface area contributed by atoms with E-state index in [1.807, 2.05) is 18.2 Å². The van der Waals surface area contributed by atoms with Gasteiger partial charge in [-0.05, 0) is 23.1 Å². The number of aromatic nitrogens is 2. The largest absolute Gasteiger partial charge is 0.395 e. The molecule has 26 heavy (non-hydrogen) atoms. The first kappa shape index (κ1) is 18.9. The number of benzene rings is 1. The fourth-order valence-corrected chi connectivity index (χ4v) is 4.18. The van der Waals surface area contributed by atoms with Gasteiger partial charge in [0.25, 0.3) is 5.56 Å². The molecule has 0 aliphatic heterocycles. The van der Waals surface area contributed by atoms with Gasteiger partial charge in [0.1, 0.15) is 4.70 Å². The number of thioether (sulfide) groups is 1. The van der Waals surface area contributed by atoms with Crippen LogP contribution in [-0.2, 0) is 17.9 Å². The summed E-state index contributed by atoms with van der Waals surface area (Å²) in [5.41, 5.74) is 1.24. The molecule has 9 heteroatoms. The number of rotatable bonds is 7. The smallest absolute Gasteiger partial charge is 0.272 e. The molecule has 2 N–H and O–H groups in total. The molecule has 0 saturated heterocycles. The number of aliphatic hydroxyl groups is 1. The van der Waals surface area contributed by atoms with Gasteiger partial charge in [-0.3, -0.25) is 14.2 Å². The number of nitrogens with one attached hydrogen (secondary N) is 1. The molecule has 2 aromatic heterocycles. The van der Waals surface area contributed by atoms with Crippen molar-refractivity contribution in [2.75, 3.05) is 12.4 Å². The molecular weight excluding hydrogens is 394 g/mol. The summed E-state index contributed by atoms with van der Waals surface area (Å²) in [6.45, 7) is 0.299. The molecule has 0 bridgehead atoms. The van der Waals surface area contributed by atoms with Crippen LogP contribution >= 0.6 is 34.7 Å². The van der Waals surface area contributed by atoms with Gasteiger partial charge in [-0.2, -0.15) is 0 Å². The van der Waals surface area contributed by atoms with Crippen LogP contribution in [0.2, 0.25) is 5.02 Å². The number of thiophene rings is 1. The van der Waals surface area contributed by atoms with E-state index in [0.29, 0.717) is 26.9 Å². The Kier molecular flexibility index (Phi) is 6.31. The summed E-state index contributed by atoms with van der Waals surface area (Å²) in [5, 5.41) is 14.8. The lowest BCUT2D eigenvalue weighted by atomic mass is 10.2. The molecule has 1 amide bonds. The van der Waals surface area contributed by atoms with Crippen molar-refractivity contribution >= 4 is 50.8 Å². The van der Waals surface area contributed by atoms with Crippen LogP contribution in [0.4, 0.5) is 0 Å². The number of carbonyl (C=O) groups is 1. The van der Waals surface area contributed by atoms with Crippen LogP contribution < -0.4 is 10.9 Å². The molecule has 2 heterocycles. The number of amides is 1. The second-order valence-corrected chi connectivity index (χ2v) is 7.63. The number of nitrogens with zero attached hydrogens (tertiary/aromatic N) is 2. The lowest BCUT2D eigenvalue weighted by molar-refractivity contribution is -0.118. The van der Waals surface area contributed by atoms with E-state index in [1.165, 1.54) is 27.7 Å². The van der Waals surface area contributed by atoms with E-state index in [0.717, 1.165) is 5.56 Å². The Bertz CT molecular complexity index is 987. The summed E-state index contributed by atoms with van der Waals surface area (Å²) in [6.07, 6.45) is 0. The minimum atomic E-state index is -0.196. The van der Waals surface area contributed by atoms with Crippen molar-refractivity contribution in [3.05, 3.63) is 56.7 Å². The molecule has 0 fully saturated rings. The first-order valence-electron chi connectivity index (χ1n) is 7.82. The molecule has 0 unspecified atom stereocenters. The van der Waals surface area contributed by atoms with Crippen molar-refractivity contribution < 1.29 is 9.90 Å². The molecule has 0 spiro atoms.